The molecule has 36 nitrogen and oxygen atoms in total. The molecule has 0 aromatic heterocycles. The van der Waals surface area contributed by atoms with Crippen LogP contribution in [-0.4, -0.2) is 327 Å². The normalized spacial score (nSPS) is 33.6. The Morgan fingerprint density at radius 3 is 1.35 bits per heavy atom. The van der Waals surface area contributed by atoms with Gasteiger partial charge in [-0.15, -0.1) is 0 Å². The van der Waals surface area contributed by atoms with Gasteiger partial charge in [-0.1, -0.05) is 0 Å². The molecule has 36 heteroatoms. The number of nitrogens with two attached hydrogens (primary N) is 1. The quantitative estimate of drug-likeness (QED) is 0.0271. The maximum absolute atomic E-state index is 13.0. The second kappa shape index (κ2) is 35.9. The number of ether oxygens (including phenoxy) is 8. The molecule has 0 aromatic carbocycles. The maximum atomic E-state index is 13.0. The predicted octanol–water partition coefficient (Wildman–Crippen LogP) is -13.3. The first-order chi connectivity index (χ1) is 39.4. The lowest BCUT2D eigenvalue weighted by Crippen LogP contribution is -2.65. The van der Waals surface area contributed by atoms with E-state index >= 15 is 0 Å². The lowest BCUT2D eigenvalue weighted by atomic mass is 9.96. The lowest BCUT2D eigenvalue weighted by molar-refractivity contribution is -0.366. The topological polar surface area (TPSA) is 558 Å². The van der Waals surface area contributed by atoms with Crippen molar-refractivity contribution in [2.75, 3.05) is 91.9 Å². The van der Waals surface area contributed by atoms with Crippen molar-refractivity contribution in [2.24, 2.45) is 5.73 Å². The first kappa shape index (κ1) is 71.1. The van der Waals surface area contributed by atoms with Gasteiger partial charge in [0.15, 0.2) is 25.2 Å². The summed E-state index contributed by atoms with van der Waals surface area (Å²) in [6.07, 6.45) is -32.9. The van der Waals surface area contributed by atoms with Gasteiger partial charge in [0, 0.05) is 52.0 Å². The minimum absolute atomic E-state index is 0.00555. The Labute approximate surface area is 474 Å². The van der Waals surface area contributed by atoms with Crippen LogP contribution >= 0.6 is 0 Å². The molecule has 0 saturated carbocycles. The highest BCUT2D eigenvalue weighted by Crippen LogP contribution is 2.31. The maximum Gasteiger partial charge on any atom is 0.240 e. The number of nitrogens with zero attached hydrogens (tertiary/aromatic N) is 1. The standard InChI is InChI=1S/C47H82N8O28/c1-21-32(65)36(69)39(72)44(79-21)76-12-10-52-25(58)4-2-7-49-29(62)15-55(17-31(64)51-9-6-27(60)54-28(61)14-48)16-30(63)50-8-3-5-26(59)53-11-13-77-46-42(75)43(83-47-41(74)38(71)34(67)23(19-57)81-47)35(68)24(82-46)20-78-45-40(73)37(70)33(66)22(18-56)80-45/h21-24,32-47,56-57,65-75H,2-20,48H2,1H3,(H,49,62)(H,50,63)(H,51,64)(H,52,58)(H,53,59)(H,54,60,61)/t21-,22+,23+,24+,32+,33+,34+,35+,36+,37-,38-,39-,40-,41-,42-,43-,44+,45-,46-,47+/m0/s1. The third-order valence-corrected chi connectivity index (χ3v) is 13.3. The van der Waals surface area contributed by atoms with E-state index < -0.39 is 210 Å². The number of hydrogen-bond acceptors (Lipinski definition) is 30. The molecular weight excluding hydrogens is 1120 g/mol. The Kier molecular flexibility index (Phi) is 30.7. The fourth-order valence-corrected chi connectivity index (χ4v) is 8.61. The number of imide groups is 1. The molecule has 4 aliphatic rings. The van der Waals surface area contributed by atoms with Gasteiger partial charge in [-0.05, 0) is 19.8 Å². The van der Waals surface area contributed by atoms with Crippen molar-refractivity contribution in [1.29, 1.82) is 0 Å². The fourth-order valence-electron chi connectivity index (χ4n) is 8.61. The molecule has 0 aromatic rings. The predicted molar refractivity (Wildman–Crippen MR) is 270 cm³/mol. The molecule has 478 valence electrons. The van der Waals surface area contributed by atoms with Crippen LogP contribution in [0.4, 0.5) is 0 Å². The summed E-state index contributed by atoms with van der Waals surface area (Å²) in [5.74, 6) is -4.37. The van der Waals surface area contributed by atoms with Crippen molar-refractivity contribution in [2.45, 2.75) is 162 Å². The van der Waals surface area contributed by atoms with Crippen molar-refractivity contribution < 1.29 is 138 Å². The molecule has 0 spiro atoms. The average molecular weight is 1210 g/mol. The van der Waals surface area contributed by atoms with Crippen LogP contribution in [0.25, 0.3) is 0 Å². The van der Waals surface area contributed by atoms with Gasteiger partial charge < -0.3 is 137 Å². The number of rotatable bonds is 33. The molecule has 0 unspecified atom stereocenters. The first-order valence-corrected chi connectivity index (χ1v) is 26.8. The van der Waals surface area contributed by atoms with Gasteiger partial charge in [0.25, 0.3) is 0 Å². The molecule has 0 radical (unpaired) electrons. The summed E-state index contributed by atoms with van der Waals surface area (Å²) in [6.45, 7) is -3.72. The molecule has 4 rings (SSSR count). The van der Waals surface area contributed by atoms with Gasteiger partial charge in [-0.25, -0.2) is 0 Å². The largest absolute Gasteiger partial charge is 0.394 e. The summed E-state index contributed by atoms with van der Waals surface area (Å²) >= 11 is 0. The van der Waals surface area contributed by atoms with Crippen molar-refractivity contribution in [3.8, 4) is 0 Å². The first-order valence-electron chi connectivity index (χ1n) is 26.8. The number of hydrogen-bond donors (Lipinski definition) is 20. The van der Waals surface area contributed by atoms with Crippen molar-refractivity contribution in [3.63, 3.8) is 0 Å². The molecule has 0 bridgehead atoms. The fraction of sp³-hybridized carbons (Fsp3) is 0.851. The number of aliphatic hydroxyl groups is 13. The molecular formula is C47H82N8O28. The van der Waals surface area contributed by atoms with E-state index in [1.54, 1.807) is 0 Å². The molecule has 20 atom stereocenters. The number of nitrogens with one attached hydrogen (secondary N) is 6. The smallest absolute Gasteiger partial charge is 0.240 e. The lowest BCUT2D eigenvalue weighted by Gasteiger charge is -2.46. The van der Waals surface area contributed by atoms with Crippen molar-refractivity contribution >= 4 is 41.4 Å². The molecule has 21 N–H and O–H groups in total. The van der Waals surface area contributed by atoms with Gasteiger partial charge >= 0.3 is 0 Å². The second-order valence-corrected chi connectivity index (χ2v) is 19.8. The van der Waals surface area contributed by atoms with E-state index in [0.29, 0.717) is 0 Å². The van der Waals surface area contributed by atoms with E-state index in [1.165, 1.54) is 11.8 Å². The number of carbonyl (C=O) groups excluding carboxylic acids is 7. The Morgan fingerprint density at radius 2 is 0.855 bits per heavy atom. The summed E-state index contributed by atoms with van der Waals surface area (Å²) in [4.78, 5) is 88.4. The zero-order valence-electron chi connectivity index (χ0n) is 45.4. The molecule has 0 aliphatic carbocycles. The number of aliphatic hydroxyl groups excluding tert-OH is 13. The van der Waals surface area contributed by atoms with E-state index in [9.17, 15) is 99.9 Å². The van der Waals surface area contributed by atoms with Gasteiger partial charge in [0.1, 0.15) is 91.6 Å². The van der Waals surface area contributed by atoms with Crippen LogP contribution in [0.3, 0.4) is 0 Å². The van der Waals surface area contributed by atoms with Gasteiger partial charge in [0.2, 0.25) is 41.4 Å². The summed E-state index contributed by atoms with van der Waals surface area (Å²) in [7, 11) is 0. The van der Waals surface area contributed by atoms with E-state index in [1.807, 2.05) is 5.32 Å². The molecule has 83 heavy (non-hydrogen) atoms. The van der Waals surface area contributed by atoms with Crippen LogP contribution < -0.4 is 37.6 Å². The van der Waals surface area contributed by atoms with Crippen molar-refractivity contribution in [1.82, 2.24) is 36.8 Å². The summed E-state index contributed by atoms with van der Waals surface area (Å²) < 4.78 is 44.0. The third kappa shape index (κ3) is 22.4. The highest BCUT2D eigenvalue weighted by molar-refractivity contribution is 5.96. The van der Waals surface area contributed by atoms with E-state index in [-0.39, 0.29) is 78.0 Å². The Hall–Kier alpha value is -4.43. The summed E-state index contributed by atoms with van der Waals surface area (Å²) in [5, 5.41) is 148. The van der Waals surface area contributed by atoms with E-state index in [4.69, 9.17) is 43.6 Å². The Bertz CT molecular complexity index is 2040. The highest BCUT2D eigenvalue weighted by Gasteiger charge is 2.52. The minimum Gasteiger partial charge on any atom is -0.394 e. The van der Waals surface area contributed by atoms with E-state index in [0.717, 1.165) is 0 Å². The van der Waals surface area contributed by atoms with Crippen LogP contribution in [0.2, 0.25) is 0 Å². The molecule has 4 heterocycles. The van der Waals surface area contributed by atoms with Gasteiger partial charge in [0.05, 0.1) is 65.3 Å². The second-order valence-electron chi connectivity index (χ2n) is 19.8. The SMILES string of the molecule is C[C@@H]1O[C@@H](OCCNC(=O)CCCNC(=O)CN(CC(=O)NCCCC(=O)NCCO[C@H]2O[C@H](CO[C@H]3O[C@H](CO)[C@@H](O)[C@H](O)[C@@H]3O)[C@@H](O)[C@H](O[C@H]3O[C@H](CO)[C@@H](O)[C@H](O)[C@@H]3O)[C@@H]2O)CC(=O)NCCC(=O)NC(=O)CN)[C@@H](O)[C@H](O)[C@@H]1O. The Balaban J connectivity index is 1.23. The third-order valence-electron chi connectivity index (χ3n) is 13.3. The van der Waals surface area contributed by atoms with E-state index in [2.05, 4.69) is 26.6 Å². The molecule has 4 aliphatic heterocycles. The van der Waals surface area contributed by atoms with Crippen LogP contribution in [0.15, 0.2) is 0 Å². The molecule has 7 amide bonds. The summed E-state index contributed by atoms with van der Waals surface area (Å²) in [6, 6.07) is 0. The zero-order chi connectivity index (χ0) is 61.5. The van der Waals surface area contributed by atoms with Crippen LogP contribution in [-0.2, 0) is 71.5 Å². The average Bonchev–Trinajstić information content (AvgIpc) is 3.49. The molecule has 4 fully saturated rings. The number of amides is 7. The monoisotopic (exact) mass is 1210 g/mol. The zero-order valence-corrected chi connectivity index (χ0v) is 45.4. The van der Waals surface area contributed by atoms with Crippen LogP contribution in [0.5, 0.6) is 0 Å². The number of carbonyl (C=O) groups is 7. The molecule has 4 saturated heterocycles. The minimum atomic E-state index is -1.97. The van der Waals surface area contributed by atoms with Crippen LogP contribution in [0.1, 0.15) is 39.0 Å². The highest BCUT2D eigenvalue weighted by atomic mass is 16.8. The van der Waals surface area contributed by atoms with Gasteiger partial charge in [-0.3, -0.25) is 43.8 Å². The summed E-state index contributed by atoms with van der Waals surface area (Å²) in [5.41, 5.74) is 5.18. The van der Waals surface area contributed by atoms with Gasteiger partial charge in [-0.2, -0.15) is 0 Å². The van der Waals surface area contributed by atoms with Crippen molar-refractivity contribution in [3.05, 3.63) is 0 Å². The Morgan fingerprint density at radius 1 is 0.434 bits per heavy atom. The van der Waals surface area contributed by atoms with Crippen LogP contribution in [0, 0.1) is 0 Å².